The minimum absolute atomic E-state index is 0.0489. The molecule has 3 unspecified atom stereocenters. The van der Waals surface area contributed by atoms with Crippen molar-refractivity contribution in [2.45, 2.75) is 37.9 Å². The van der Waals surface area contributed by atoms with Crippen molar-refractivity contribution in [1.82, 2.24) is 0 Å². The summed E-state index contributed by atoms with van der Waals surface area (Å²) in [4.78, 5) is 12.1. The monoisotopic (exact) mass is 252 g/mol. The number of hydrogen-bond donors (Lipinski definition) is 0. The fraction of sp³-hybridized carbons (Fsp3) is 0.500. The molecule has 3 rings (SSSR count). The molecule has 2 aliphatic heterocycles. The largest absolute Gasteiger partial charge is 0.374 e. The molecule has 2 bridgehead atoms. The molecule has 0 aromatic heterocycles. The lowest BCUT2D eigenvalue weighted by molar-refractivity contribution is -0.123. The van der Waals surface area contributed by atoms with E-state index in [-0.39, 0.29) is 30.3 Å². The van der Waals surface area contributed by atoms with Crippen LogP contribution in [0.4, 0.5) is 8.78 Å². The van der Waals surface area contributed by atoms with Gasteiger partial charge in [0.15, 0.2) is 11.6 Å². The Bertz CT molecular complexity index is 487. The number of Topliss-reactive ketones (excluding diaryl/α,β-unsaturated/α-hetero) is 1. The zero-order valence-corrected chi connectivity index (χ0v) is 9.86. The van der Waals surface area contributed by atoms with Crippen LogP contribution in [0.1, 0.15) is 24.8 Å². The number of ether oxygens (including phenoxy) is 1. The molecule has 2 aliphatic rings. The minimum Gasteiger partial charge on any atom is -0.374 e. The topological polar surface area (TPSA) is 26.3 Å². The van der Waals surface area contributed by atoms with E-state index in [4.69, 9.17) is 4.74 Å². The molecule has 2 heterocycles. The summed E-state index contributed by atoms with van der Waals surface area (Å²) in [7, 11) is 0. The molecule has 2 nitrogen and oxygen atoms in total. The Hall–Kier alpha value is -1.29. The van der Waals surface area contributed by atoms with Crippen LogP contribution in [-0.4, -0.2) is 18.0 Å². The lowest BCUT2D eigenvalue weighted by Crippen LogP contribution is -2.26. The highest BCUT2D eigenvalue weighted by atomic mass is 19.2. The summed E-state index contributed by atoms with van der Waals surface area (Å²) < 4.78 is 31.5. The first-order valence-corrected chi connectivity index (χ1v) is 6.25. The average molecular weight is 252 g/mol. The van der Waals surface area contributed by atoms with Crippen LogP contribution in [0, 0.1) is 17.6 Å². The standard InChI is InChI=1S/C14H14F2O2/c15-11-3-1-8(5-12(11)16)6-13(17)10-7-9-2-4-14(10)18-9/h1,3,5,9-10,14H,2,4,6-7H2. The first kappa shape index (κ1) is 11.8. The van der Waals surface area contributed by atoms with Crippen molar-refractivity contribution in [1.29, 1.82) is 0 Å². The van der Waals surface area contributed by atoms with Crippen LogP contribution in [0.3, 0.4) is 0 Å². The summed E-state index contributed by atoms with van der Waals surface area (Å²) in [6, 6.07) is 3.63. The Morgan fingerprint density at radius 2 is 2.11 bits per heavy atom. The third kappa shape index (κ3) is 2.05. The maximum atomic E-state index is 13.0. The van der Waals surface area contributed by atoms with Gasteiger partial charge >= 0.3 is 0 Å². The van der Waals surface area contributed by atoms with Gasteiger partial charge in [-0.1, -0.05) is 6.07 Å². The Balaban J connectivity index is 1.69. The van der Waals surface area contributed by atoms with Crippen LogP contribution in [0.15, 0.2) is 18.2 Å². The van der Waals surface area contributed by atoms with Gasteiger partial charge in [-0.3, -0.25) is 4.79 Å². The average Bonchev–Trinajstić information content (AvgIpc) is 2.96. The molecule has 18 heavy (non-hydrogen) atoms. The molecule has 0 amide bonds. The Labute approximate surface area is 104 Å². The van der Waals surface area contributed by atoms with Crippen LogP contribution < -0.4 is 0 Å². The molecule has 1 aromatic rings. The third-order valence-corrected chi connectivity index (χ3v) is 3.88. The Morgan fingerprint density at radius 3 is 2.72 bits per heavy atom. The van der Waals surface area contributed by atoms with Crippen molar-refractivity contribution in [3.8, 4) is 0 Å². The van der Waals surface area contributed by atoms with Gasteiger partial charge in [-0.05, 0) is 37.0 Å². The van der Waals surface area contributed by atoms with Gasteiger partial charge < -0.3 is 4.74 Å². The summed E-state index contributed by atoms with van der Waals surface area (Å²) in [5.74, 6) is -1.76. The lowest BCUT2D eigenvalue weighted by Gasteiger charge is -2.17. The Kier molecular flexibility index (Phi) is 2.90. The molecule has 0 aliphatic carbocycles. The normalized spacial score (nSPS) is 29.8. The molecule has 0 spiro atoms. The molecule has 0 saturated carbocycles. The van der Waals surface area contributed by atoms with Crippen LogP contribution >= 0.6 is 0 Å². The second-order valence-corrected chi connectivity index (χ2v) is 5.11. The van der Waals surface area contributed by atoms with Crippen molar-refractivity contribution in [3.63, 3.8) is 0 Å². The number of carbonyl (C=O) groups excluding carboxylic acids is 1. The number of halogens is 2. The number of rotatable bonds is 3. The SMILES string of the molecule is O=C(Cc1ccc(F)c(F)c1)C1CC2CCC1O2. The second kappa shape index (κ2) is 4.43. The second-order valence-electron chi connectivity index (χ2n) is 5.11. The molecule has 96 valence electrons. The van der Waals surface area contributed by atoms with Gasteiger partial charge in [0.25, 0.3) is 0 Å². The van der Waals surface area contributed by atoms with Crippen LogP contribution in [0.5, 0.6) is 0 Å². The van der Waals surface area contributed by atoms with E-state index in [1.807, 2.05) is 0 Å². The van der Waals surface area contributed by atoms with E-state index in [1.54, 1.807) is 0 Å². The van der Waals surface area contributed by atoms with Gasteiger partial charge in [-0.25, -0.2) is 8.78 Å². The number of ketones is 1. The maximum Gasteiger partial charge on any atom is 0.159 e. The first-order chi connectivity index (χ1) is 8.63. The minimum atomic E-state index is -0.899. The lowest BCUT2D eigenvalue weighted by atomic mass is 9.84. The summed E-state index contributed by atoms with van der Waals surface area (Å²) in [5.41, 5.74) is 0.529. The zero-order chi connectivity index (χ0) is 12.7. The predicted molar refractivity (Wildman–Crippen MR) is 61.1 cm³/mol. The molecule has 1 aromatic carbocycles. The molecular formula is C14H14F2O2. The molecule has 0 radical (unpaired) electrons. The highest BCUT2D eigenvalue weighted by molar-refractivity contribution is 5.84. The number of hydrogen-bond acceptors (Lipinski definition) is 2. The van der Waals surface area contributed by atoms with E-state index >= 15 is 0 Å². The van der Waals surface area contributed by atoms with Gasteiger partial charge in [0.05, 0.1) is 12.2 Å². The van der Waals surface area contributed by atoms with Crippen molar-refractivity contribution in [2.24, 2.45) is 5.92 Å². The fourth-order valence-corrected chi connectivity index (χ4v) is 2.96. The quantitative estimate of drug-likeness (QED) is 0.826. The van der Waals surface area contributed by atoms with Gasteiger partial charge in [0.2, 0.25) is 0 Å². The van der Waals surface area contributed by atoms with E-state index < -0.39 is 11.6 Å². The van der Waals surface area contributed by atoms with Gasteiger partial charge in [0.1, 0.15) is 5.78 Å². The summed E-state index contributed by atoms with van der Waals surface area (Å²) in [6.07, 6.45) is 3.21. The first-order valence-electron chi connectivity index (χ1n) is 6.25. The van der Waals surface area contributed by atoms with Crippen LogP contribution in [0.2, 0.25) is 0 Å². The van der Waals surface area contributed by atoms with E-state index in [9.17, 15) is 13.6 Å². The molecule has 3 atom stereocenters. The molecule has 2 fully saturated rings. The highest BCUT2D eigenvalue weighted by Gasteiger charge is 2.43. The summed E-state index contributed by atoms with van der Waals surface area (Å²) in [6.45, 7) is 0. The van der Waals surface area contributed by atoms with Crippen molar-refractivity contribution in [3.05, 3.63) is 35.4 Å². The molecule has 4 heteroatoms. The number of carbonyl (C=O) groups is 1. The van der Waals surface area contributed by atoms with Crippen molar-refractivity contribution >= 4 is 5.78 Å². The number of benzene rings is 1. The van der Waals surface area contributed by atoms with E-state index in [0.717, 1.165) is 31.4 Å². The zero-order valence-electron chi connectivity index (χ0n) is 9.86. The van der Waals surface area contributed by atoms with Crippen molar-refractivity contribution < 1.29 is 18.3 Å². The third-order valence-electron chi connectivity index (χ3n) is 3.88. The summed E-state index contributed by atoms with van der Waals surface area (Å²) >= 11 is 0. The van der Waals surface area contributed by atoms with Crippen molar-refractivity contribution in [2.75, 3.05) is 0 Å². The fourth-order valence-electron chi connectivity index (χ4n) is 2.96. The highest BCUT2D eigenvalue weighted by Crippen LogP contribution is 2.39. The molecule has 0 N–H and O–H groups in total. The summed E-state index contributed by atoms with van der Waals surface area (Å²) in [5, 5.41) is 0. The number of fused-ring (bicyclic) bond motifs is 2. The van der Waals surface area contributed by atoms with E-state index in [1.165, 1.54) is 6.07 Å². The molecular weight excluding hydrogens is 238 g/mol. The predicted octanol–water partition coefficient (Wildman–Crippen LogP) is 2.64. The Morgan fingerprint density at radius 1 is 1.28 bits per heavy atom. The van der Waals surface area contributed by atoms with Crippen LogP contribution in [-0.2, 0) is 16.0 Å². The van der Waals surface area contributed by atoms with E-state index in [0.29, 0.717) is 5.56 Å². The van der Waals surface area contributed by atoms with Crippen LogP contribution in [0.25, 0.3) is 0 Å². The maximum absolute atomic E-state index is 13.0. The van der Waals surface area contributed by atoms with Gasteiger partial charge in [-0.2, -0.15) is 0 Å². The molecule has 2 saturated heterocycles. The smallest absolute Gasteiger partial charge is 0.159 e. The van der Waals surface area contributed by atoms with Gasteiger partial charge in [-0.15, -0.1) is 0 Å². The van der Waals surface area contributed by atoms with E-state index in [2.05, 4.69) is 0 Å². The van der Waals surface area contributed by atoms with Gasteiger partial charge in [0, 0.05) is 12.3 Å².